The first kappa shape index (κ1) is 20.4. The summed E-state index contributed by atoms with van der Waals surface area (Å²) in [7, 11) is 0. The number of amides is 1. The molecule has 1 aromatic rings. The number of carbonyl (C=O) groups is 1. The Balaban J connectivity index is 1.65. The summed E-state index contributed by atoms with van der Waals surface area (Å²) >= 11 is 6.81. The van der Waals surface area contributed by atoms with Gasteiger partial charge in [-0.05, 0) is 24.8 Å². The van der Waals surface area contributed by atoms with Gasteiger partial charge in [-0.3, -0.25) is 14.9 Å². The molecule has 1 aliphatic heterocycles. The van der Waals surface area contributed by atoms with Crippen molar-refractivity contribution >= 4 is 45.6 Å². The van der Waals surface area contributed by atoms with E-state index in [0.717, 1.165) is 23.8 Å². The van der Waals surface area contributed by atoms with Crippen molar-refractivity contribution in [3.8, 4) is 0 Å². The van der Waals surface area contributed by atoms with E-state index in [-0.39, 0.29) is 17.3 Å². The van der Waals surface area contributed by atoms with Crippen LogP contribution in [0.15, 0.2) is 24.3 Å². The quantitative estimate of drug-likeness (QED) is 0.317. The number of nitrogens with zero attached hydrogens (tertiary/aromatic N) is 2. The number of hydrogen-bond acceptors (Lipinski definition) is 6. The van der Waals surface area contributed by atoms with Gasteiger partial charge in [0.05, 0.1) is 10.7 Å². The number of nitro benzene ring substituents is 1. The number of likely N-dealkylation sites (tertiary alicyclic amines) is 1. The van der Waals surface area contributed by atoms with Crippen LogP contribution in [0.3, 0.4) is 0 Å². The highest BCUT2D eigenvalue weighted by Crippen LogP contribution is 2.22. The van der Waals surface area contributed by atoms with Crippen molar-refractivity contribution in [1.82, 2.24) is 10.2 Å². The van der Waals surface area contributed by atoms with Gasteiger partial charge >= 0.3 is 0 Å². The Morgan fingerprint density at radius 2 is 2.19 bits per heavy atom. The predicted molar refractivity (Wildman–Crippen MR) is 110 cm³/mol. The Labute approximate surface area is 163 Å². The van der Waals surface area contributed by atoms with Crippen molar-refractivity contribution in [2.24, 2.45) is 5.92 Å². The van der Waals surface area contributed by atoms with Gasteiger partial charge in [0, 0.05) is 32.2 Å². The average molecular weight is 397 g/mol. The molecule has 1 amide bonds. The minimum absolute atomic E-state index is 0.0236. The lowest BCUT2D eigenvalue weighted by Gasteiger charge is -2.32. The Morgan fingerprint density at radius 1 is 1.42 bits per heavy atom. The van der Waals surface area contributed by atoms with Gasteiger partial charge in [0.15, 0.2) is 0 Å². The Bertz CT molecular complexity index is 657. The van der Waals surface area contributed by atoms with Crippen LogP contribution in [-0.4, -0.2) is 52.0 Å². The van der Waals surface area contributed by atoms with Gasteiger partial charge in [-0.1, -0.05) is 43.0 Å². The number of rotatable bonds is 7. The molecular weight excluding hydrogens is 372 g/mol. The molecule has 1 aliphatic rings. The van der Waals surface area contributed by atoms with Gasteiger partial charge in [-0.15, -0.1) is 0 Å². The third kappa shape index (κ3) is 6.45. The maximum atomic E-state index is 11.9. The lowest BCUT2D eigenvalue weighted by atomic mass is 10.0. The molecule has 0 aliphatic carbocycles. The van der Waals surface area contributed by atoms with Crippen molar-refractivity contribution < 1.29 is 9.72 Å². The zero-order chi connectivity index (χ0) is 18.9. The molecule has 7 nitrogen and oxygen atoms in total. The summed E-state index contributed by atoms with van der Waals surface area (Å²) in [5, 5.41) is 16.7. The summed E-state index contributed by atoms with van der Waals surface area (Å²) in [6.45, 7) is 4.95. The molecule has 9 heteroatoms. The molecule has 142 valence electrons. The third-order valence-corrected chi connectivity index (χ3v) is 5.63. The second-order valence-electron chi connectivity index (χ2n) is 6.30. The molecule has 1 atom stereocenters. The number of nitrogens with one attached hydrogen (secondary N) is 2. The smallest absolute Gasteiger partial charge is 0.292 e. The number of nitro groups is 1. The minimum Gasteiger partial charge on any atom is -0.378 e. The summed E-state index contributed by atoms with van der Waals surface area (Å²) in [6, 6.07) is 6.44. The zero-order valence-corrected chi connectivity index (χ0v) is 16.4. The number of benzene rings is 1. The van der Waals surface area contributed by atoms with E-state index in [1.807, 2.05) is 0 Å². The first-order chi connectivity index (χ1) is 12.5. The lowest BCUT2D eigenvalue weighted by Crippen LogP contribution is -2.37. The van der Waals surface area contributed by atoms with Crippen molar-refractivity contribution in [3.63, 3.8) is 0 Å². The Kier molecular flexibility index (Phi) is 8.11. The van der Waals surface area contributed by atoms with Crippen molar-refractivity contribution in [1.29, 1.82) is 0 Å². The third-order valence-electron chi connectivity index (χ3n) is 4.11. The molecule has 26 heavy (non-hydrogen) atoms. The van der Waals surface area contributed by atoms with Crippen LogP contribution in [0, 0.1) is 16.0 Å². The van der Waals surface area contributed by atoms with E-state index >= 15 is 0 Å². The molecule has 0 spiro atoms. The highest BCUT2D eigenvalue weighted by molar-refractivity contribution is 8.23. The number of anilines is 1. The van der Waals surface area contributed by atoms with Crippen LogP contribution < -0.4 is 10.6 Å². The maximum absolute atomic E-state index is 11.9. The average Bonchev–Trinajstić information content (AvgIpc) is 2.63. The summed E-state index contributed by atoms with van der Waals surface area (Å²) in [5.41, 5.74) is 0.469. The van der Waals surface area contributed by atoms with Crippen LogP contribution in [0.25, 0.3) is 0 Å². The fraction of sp³-hybridized carbons (Fsp3) is 0.529. The summed E-state index contributed by atoms with van der Waals surface area (Å²) < 4.78 is 0.782. The molecule has 0 bridgehead atoms. The lowest BCUT2D eigenvalue weighted by molar-refractivity contribution is -0.384. The monoisotopic (exact) mass is 396 g/mol. The molecule has 2 N–H and O–H groups in total. The molecule has 1 saturated heterocycles. The van der Waals surface area contributed by atoms with E-state index in [4.69, 9.17) is 12.2 Å². The number of carbonyl (C=O) groups excluding carboxylic acids is 1. The van der Waals surface area contributed by atoms with Crippen LogP contribution in [-0.2, 0) is 4.79 Å². The molecule has 1 heterocycles. The van der Waals surface area contributed by atoms with E-state index in [9.17, 15) is 14.9 Å². The summed E-state index contributed by atoms with van der Waals surface area (Å²) in [5.74, 6) is 0.839. The molecule has 0 unspecified atom stereocenters. The molecule has 0 saturated carbocycles. The summed E-state index contributed by atoms with van der Waals surface area (Å²) in [6.07, 6.45) is 2.38. The second kappa shape index (κ2) is 10.3. The van der Waals surface area contributed by atoms with Crippen LogP contribution >= 0.6 is 24.0 Å². The van der Waals surface area contributed by atoms with Crippen molar-refractivity contribution in [2.45, 2.75) is 19.8 Å². The maximum Gasteiger partial charge on any atom is 0.292 e. The summed E-state index contributed by atoms with van der Waals surface area (Å²) in [4.78, 5) is 24.6. The second-order valence-corrected chi connectivity index (χ2v) is 7.91. The fourth-order valence-electron chi connectivity index (χ4n) is 2.81. The number of piperidine rings is 1. The first-order valence-corrected chi connectivity index (χ1v) is 10.0. The number of thiocarbonyl (C=S) groups is 1. The highest BCUT2D eigenvalue weighted by atomic mass is 32.2. The topological polar surface area (TPSA) is 87.5 Å². The largest absolute Gasteiger partial charge is 0.378 e. The van der Waals surface area contributed by atoms with Gasteiger partial charge in [0.1, 0.15) is 10.0 Å². The van der Waals surface area contributed by atoms with Gasteiger partial charge in [-0.25, -0.2) is 0 Å². The molecule has 0 aromatic heterocycles. The van der Waals surface area contributed by atoms with Gasteiger partial charge in [0.2, 0.25) is 5.91 Å². The van der Waals surface area contributed by atoms with Gasteiger partial charge in [-0.2, -0.15) is 0 Å². The molecular formula is C17H24N4O3S2. The van der Waals surface area contributed by atoms with E-state index in [1.54, 1.807) is 18.2 Å². The zero-order valence-electron chi connectivity index (χ0n) is 14.8. The predicted octanol–water partition coefficient (Wildman–Crippen LogP) is 2.87. The molecule has 1 aromatic carbocycles. The number of para-hydroxylation sites is 2. The van der Waals surface area contributed by atoms with Crippen LogP contribution in [0.5, 0.6) is 0 Å². The van der Waals surface area contributed by atoms with Gasteiger partial charge < -0.3 is 15.5 Å². The fourth-order valence-corrected chi connectivity index (χ4v) is 3.85. The minimum atomic E-state index is -0.431. The van der Waals surface area contributed by atoms with Crippen LogP contribution in [0.2, 0.25) is 0 Å². The highest BCUT2D eigenvalue weighted by Gasteiger charge is 2.19. The van der Waals surface area contributed by atoms with E-state index in [1.165, 1.54) is 24.2 Å². The SMILES string of the molecule is C[C@H]1CCCN(C(=S)SCC(=O)NCCNc2ccccc2[N+](=O)[O-])C1. The van der Waals surface area contributed by atoms with Crippen molar-refractivity contribution in [2.75, 3.05) is 37.2 Å². The Hall–Kier alpha value is -1.87. The molecule has 0 radical (unpaired) electrons. The molecule has 2 rings (SSSR count). The van der Waals surface area contributed by atoms with E-state index in [2.05, 4.69) is 22.5 Å². The van der Waals surface area contributed by atoms with Crippen LogP contribution in [0.1, 0.15) is 19.8 Å². The van der Waals surface area contributed by atoms with Crippen molar-refractivity contribution in [3.05, 3.63) is 34.4 Å². The van der Waals surface area contributed by atoms with Gasteiger partial charge in [0.25, 0.3) is 5.69 Å². The number of thioether (sulfide) groups is 1. The Morgan fingerprint density at radius 3 is 2.92 bits per heavy atom. The van der Waals surface area contributed by atoms with E-state index < -0.39 is 4.92 Å². The first-order valence-electron chi connectivity index (χ1n) is 8.63. The number of hydrogen-bond donors (Lipinski definition) is 2. The normalized spacial score (nSPS) is 16.8. The van der Waals surface area contributed by atoms with E-state index in [0.29, 0.717) is 24.7 Å². The standard InChI is InChI=1S/C17H24N4O3S2/c1-13-5-4-10-20(11-13)17(25)26-12-16(22)19-9-8-18-14-6-2-3-7-15(14)21(23)24/h2-3,6-7,13,18H,4-5,8-12H2,1H3,(H,19,22)/t13-/m0/s1. The van der Waals surface area contributed by atoms with Crippen LogP contribution in [0.4, 0.5) is 11.4 Å². The molecule has 1 fully saturated rings.